The first-order valence-electron chi connectivity index (χ1n) is 6.14. The molecular weight excluding hydrogens is 261 g/mol. The molecule has 0 aliphatic rings. The summed E-state index contributed by atoms with van der Waals surface area (Å²) in [5.74, 6) is 0.247. The highest BCUT2D eigenvalue weighted by atomic mass is 19.1. The minimum absolute atomic E-state index is 0.308. The number of nitrogens with zero attached hydrogens (tertiary/aromatic N) is 3. The Morgan fingerprint density at radius 3 is 2.75 bits per heavy atom. The summed E-state index contributed by atoms with van der Waals surface area (Å²) in [6.07, 6.45) is 1.42. The molecule has 1 aromatic heterocycles. The van der Waals surface area contributed by atoms with Crippen molar-refractivity contribution in [1.29, 1.82) is 0 Å². The molecule has 0 radical (unpaired) electrons. The van der Waals surface area contributed by atoms with Gasteiger partial charge in [0.15, 0.2) is 0 Å². The van der Waals surface area contributed by atoms with Crippen LogP contribution in [0, 0.1) is 12.7 Å². The molecule has 2 amide bonds. The van der Waals surface area contributed by atoms with Crippen LogP contribution in [0.5, 0.6) is 0 Å². The monoisotopic (exact) mass is 277 g/mol. The summed E-state index contributed by atoms with van der Waals surface area (Å²) in [7, 11) is 1.74. The summed E-state index contributed by atoms with van der Waals surface area (Å²) in [5.41, 5.74) is 1.15. The Hall–Kier alpha value is -2.44. The largest absolute Gasteiger partial charge is 0.328 e. The first kappa shape index (κ1) is 14.0. The van der Waals surface area contributed by atoms with Gasteiger partial charge in [0.05, 0.1) is 6.04 Å². The molecule has 0 fully saturated rings. The lowest BCUT2D eigenvalue weighted by Gasteiger charge is -2.14. The molecule has 0 bridgehead atoms. The van der Waals surface area contributed by atoms with Crippen molar-refractivity contribution in [2.45, 2.75) is 19.9 Å². The first-order chi connectivity index (χ1) is 9.45. The van der Waals surface area contributed by atoms with Crippen LogP contribution >= 0.6 is 0 Å². The summed E-state index contributed by atoms with van der Waals surface area (Å²) in [4.78, 5) is 15.9. The highest BCUT2D eigenvalue weighted by Gasteiger charge is 2.14. The lowest BCUT2D eigenvalue weighted by molar-refractivity contribution is 0.248. The van der Waals surface area contributed by atoms with Crippen LogP contribution in [-0.4, -0.2) is 20.8 Å². The highest BCUT2D eigenvalue weighted by Crippen LogP contribution is 2.14. The van der Waals surface area contributed by atoms with Crippen LogP contribution in [0.15, 0.2) is 24.5 Å². The van der Waals surface area contributed by atoms with Crippen molar-refractivity contribution >= 4 is 11.7 Å². The average Bonchev–Trinajstić information content (AvgIpc) is 2.73. The second kappa shape index (κ2) is 5.68. The van der Waals surface area contributed by atoms with Crippen LogP contribution in [0.25, 0.3) is 0 Å². The quantitative estimate of drug-likeness (QED) is 0.903. The topological polar surface area (TPSA) is 71.8 Å². The Labute approximate surface area is 116 Å². The number of aromatic nitrogens is 3. The molecule has 7 heteroatoms. The molecule has 20 heavy (non-hydrogen) atoms. The van der Waals surface area contributed by atoms with E-state index in [1.54, 1.807) is 31.6 Å². The van der Waals surface area contributed by atoms with E-state index in [2.05, 4.69) is 20.7 Å². The summed E-state index contributed by atoms with van der Waals surface area (Å²) in [6.45, 7) is 3.55. The number of hydrogen-bond acceptors (Lipinski definition) is 3. The molecule has 1 atom stereocenters. The lowest BCUT2D eigenvalue weighted by Crippen LogP contribution is -2.32. The van der Waals surface area contributed by atoms with Gasteiger partial charge in [-0.15, -0.1) is 0 Å². The second-order valence-corrected chi connectivity index (χ2v) is 4.58. The predicted molar refractivity (Wildman–Crippen MR) is 72.7 cm³/mol. The van der Waals surface area contributed by atoms with Gasteiger partial charge in [0.1, 0.15) is 18.0 Å². The second-order valence-electron chi connectivity index (χ2n) is 4.58. The van der Waals surface area contributed by atoms with Gasteiger partial charge in [-0.1, -0.05) is 0 Å². The van der Waals surface area contributed by atoms with Gasteiger partial charge in [-0.2, -0.15) is 5.10 Å². The van der Waals surface area contributed by atoms with Gasteiger partial charge in [-0.25, -0.2) is 14.2 Å². The van der Waals surface area contributed by atoms with Crippen LogP contribution in [0.2, 0.25) is 0 Å². The fraction of sp³-hybridized carbons (Fsp3) is 0.308. The van der Waals surface area contributed by atoms with E-state index >= 15 is 0 Å². The number of rotatable bonds is 3. The van der Waals surface area contributed by atoms with Crippen LogP contribution in [-0.2, 0) is 7.05 Å². The molecule has 0 saturated heterocycles. The van der Waals surface area contributed by atoms with Crippen molar-refractivity contribution in [2.24, 2.45) is 7.05 Å². The van der Waals surface area contributed by atoms with E-state index in [1.807, 2.05) is 0 Å². The summed E-state index contributed by atoms with van der Waals surface area (Å²) < 4.78 is 14.8. The van der Waals surface area contributed by atoms with E-state index in [0.717, 1.165) is 5.56 Å². The Balaban J connectivity index is 2.00. The Kier molecular flexibility index (Phi) is 3.97. The SMILES string of the molecule is Cc1cc(F)cc(NC(=O)N[C@H](C)c2ncnn2C)c1. The number of benzene rings is 1. The zero-order chi connectivity index (χ0) is 14.7. The molecule has 2 aromatic rings. The summed E-state index contributed by atoms with van der Waals surface area (Å²) in [5, 5.41) is 9.24. The molecule has 1 aromatic carbocycles. The normalized spacial score (nSPS) is 12.0. The minimum Gasteiger partial charge on any atom is -0.328 e. The molecule has 0 saturated carbocycles. The number of aryl methyl sites for hydroxylation is 2. The number of amides is 2. The van der Waals surface area contributed by atoms with E-state index in [0.29, 0.717) is 11.5 Å². The number of urea groups is 1. The zero-order valence-electron chi connectivity index (χ0n) is 11.5. The Morgan fingerprint density at radius 1 is 1.40 bits per heavy atom. The molecular formula is C13H16FN5O. The molecule has 6 nitrogen and oxygen atoms in total. The van der Waals surface area contributed by atoms with E-state index in [9.17, 15) is 9.18 Å². The molecule has 0 unspecified atom stereocenters. The molecule has 2 rings (SSSR count). The maximum atomic E-state index is 13.2. The molecule has 0 spiro atoms. The smallest absolute Gasteiger partial charge is 0.319 e. The molecule has 0 aliphatic heterocycles. The van der Waals surface area contributed by atoms with Gasteiger partial charge in [-0.05, 0) is 37.6 Å². The van der Waals surface area contributed by atoms with Gasteiger partial charge < -0.3 is 10.6 Å². The number of hydrogen-bond donors (Lipinski definition) is 2. The maximum Gasteiger partial charge on any atom is 0.319 e. The maximum absolute atomic E-state index is 13.2. The van der Waals surface area contributed by atoms with Crippen molar-refractivity contribution in [3.05, 3.63) is 41.7 Å². The van der Waals surface area contributed by atoms with Crippen molar-refractivity contribution in [3.63, 3.8) is 0 Å². The Morgan fingerprint density at radius 2 is 2.15 bits per heavy atom. The van der Waals surface area contributed by atoms with E-state index < -0.39 is 6.03 Å². The number of nitrogens with one attached hydrogen (secondary N) is 2. The van der Waals surface area contributed by atoms with Gasteiger partial charge >= 0.3 is 6.03 Å². The van der Waals surface area contributed by atoms with Crippen LogP contribution in [0.4, 0.5) is 14.9 Å². The first-order valence-corrected chi connectivity index (χ1v) is 6.14. The number of anilines is 1. The summed E-state index contributed by atoms with van der Waals surface area (Å²) in [6, 6.07) is 3.61. The highest BCUT2D eigenvalue weighted by molar-refractivity contribution is 5.89. The third-order valence-electron chi connectivity index (χ3n) is 2.78. The molecule has 106 valence electrons. The number of carbonyl (C=O) groups is 1. The molecule has 2 N–H and O–H groups in total. The van der Waals surface area contributed by atoms with Gasteiger partial charge in [0, 0.05) is 12.7 Å². The Bertz CT molecular complexity index is 605. The average molecular weight is 277 g/mol. The van der Waals surface area contributed by atoms with Crippen LogP contribution in [0.3, 0.4) is 0 Å². The fourth-order valence-electron chi connectivity index (χ4n) is 1.93. The van der Waals surface area contributed by atoms with Gasteiger partial charge in [0.25, 0.3) is 0 Å². The van der Waals surface area contributed by atoms with Crippen molar-refractivity contribution in [2.75, 3.05) is 5.32 Å². The van der Waals surface area contributed by atoms with E-state index in [4.69, 9.17) is 0 Å². The van der Waals surface area contributed by atoms with Crippen LogP contribution < -0.4 is 10.6 Å². The minimum atomic E-state index is -0.425. The third kappa shape index (κ3) is 3.31. The van der Waals surface area contributed by atoms with Gasteiger partial charge in [0.2, 0.25) is 0 Å². The van der Waals surface area contributed by atoms with Gasteiger partial charge in [-0.3, -0.25) is 4.68 Å². The number of halogens is 1. The number of carbonyl (C=O) groups excluding carboxylic acids is 1. The van der Waals surface area contributed by atoms with E-state index in [-0.39, 0.29) is 11.9 Å². The zero-order valence-corrected chi connectivity index (χ0v) is 11.5. The predicted octanol–water partition coefficient (Wildman–Crippen LogP) is 2.15. The van der Waals surface area contributed by atoms with Crippen molar-refractivity contribution < 1.29 is 9.18 Å². The van der Waals surface area contributed by atoms with Crippen molar-refractivity contribution in [3.8, 4) is 0 Å². The lowest BCUT2D eigenvalue weighted by atomic mass is 10.2. The third-order valence-corrected chi connectivity index (χ3v) is 2.78. The molecule has 1 heterocycles. The van der Waals surface area contributed by atoms with Crippen molar-refractivity contribution in [1.82, 2.24) is 20.1 Å². The molecule has 0 aliphatic carbocycles. The summed E-state index contributed by atoms with van der Waals surface area (Å²) >= 11 is 0. The van der Waals surface area contributed by atoms with E-state index in [1.165, 1.54) is 18.5 Å². The fourth-order valence-corrected chi connectivity index (χ4v) is 1.93. The standard InChI is InChI=1S/C13H16FN5O/c1-8-4-10(14)6-11(5-8)18-13(20)17-9(2)12-15-7-16-19(12)3/h4-7,9H,1-3H3,(H2,17,18,20)/t9-/m1/s1. The van der Waals surface area contributed by atoms with Crippen LogP contribution in [0.1, 0.15) is 24.4 Å².